The maximum Gasteiger partial charge on any atom is 0.328 e. The molecule has 0 aromatic heterocycles. The fourth-order valence-corrected chi connectivity index (χ4v) is 6.98. The Balaban J connectivity index is 1.41. The van der Waals surface area contributed by atoms with Crippen molar-refractivity contribution >= 4 is 15.2 Å². The molecule has 0 spiro atoms. The minimum atomic E-state index is -3.28. The minimum Gasteiger partial charge on any atom is -0.373 e. The minimum absolute atomic E-state index is 0.0649. The van der Waals surface area contributed by atoms with Crippen LogP contribution in [-0.4, -0.2) is 75.4 Å². The summed E-state index contributed by atoms with van der Waals surface area (Å²) in [5.74, 6) is 0.455. The van der Waals surface area contributed by atoms with E-state index in [9.17, 15) is 9.13 Å². The van der Waals surface area contributed by atoms with Crippen LogP contribution in [0.15, 0.2) is 0 Å². The molecule has 3 fully saturated rings. The molecule has 3 heterocycles. The van der Waals surface area contributed by atoms with E-state index in [0.717, 1.165) is 6.42 Å². The highest BCUT2D eigenvalue weighted by Gasteiger charge is 2.40. The molecular weight excluding hydrogens is 458 g/mol. The lowest BCUT2D eigenvalue weighted by Gasteiger charge is -2.22. The zero-order valence-corrected chi connectivity index (χ0v) is 22.1. The quantitative estimate of drug-likeness (QED) is 0.400. The van der Waals surface area contributed by atoms with Crippen molar-refractivity contribution in [2.24, 2.45) is 5.92 Å². The van der Waals surface area contributed by atoms with E-state index in [1.807, 2.05) is 27.7 Å². The van der Waals surface area contributed by atoms with E-state index in [1.54, 1.807) is 0 Å². The van der Waals surface area contributed by atoms with Gasteiger partial charge in [0.15, 0.2) is 0 Å². The predicted octanol–water partition coefficient (Wildman–Crippen LogP) is 4.62. The second-order valence-corrected chi connectivity index (χ2v) is 13.7. The van der Waals surface area contributed by atoms with E-state index in [2.05, 4.69) is 6.92 Å². The SMILES string of the molecule is CC1CC(OP(C)(=O)OCC2CC(OP(C)(=O)OCC3CC(C)C(C)O3)C(C)O2)C(C)O1. The maximum absolute atomic E-state index is 12.8. The fraction of sp³-hybridized carbons (Fsp3) is 1.00. The molecule has 9 nitrogen and oxygen atoms in total. The highest BCUT2D eigenvalue weighted by molar-refractivity contribution is 7.53. The van der Waals surface area contributed by atoms with Crippen LogP contribution in [0.1, 0.15) is 53.9 Å². The van der Waals surface area contributed by atoms with Gasteiger partial charge in [-0.15, -0.1) is 0 Å². The Bertz CT molecular complexity index is 709. The molecule has 0 aromatic rings. The Labute approximate surface area is 192 Å². The molecule has 11 heteroatoms. The summed E-state index contributed by atoms with van der Waals surface area (Å²) in [5, 5.41) is 0. The number of hydrogen-bond acceptors (Lipinski definition) is 9. The molecule has 0 bridgehead atoms. The Morgan fingerprint density at radius 2 is 1.16 bits per heavy atom. The van der Waals surface area contributed by atoms with Gasteiger partial charge in [-0.1, -0.05) is 6.92 Å². The van der Waals surface area contributed by atoms with Crippen molar-refractivity contribution in [2.75, 3.05) is 26.5 Å². The molecule has 188 valence electrons. The molecule has 3 aliphatic rings. The fourth-order valence-electron chi connectivity index (χ4n) is 4.49. The Morgan fingerprint density at radius 1 is 0.688 bits per heavy atom. The van der Waals surface area contributed by atoms with Gasteiger partial charge in [0.1, 0.15) is 0 Å². The third kappa shape index (κ3) is 7.59. The van der Waals surface area contributed by atoms with Gasteiger partial charge in [-0.2, -0.15) is 0 Å². The predicted molar refractivity (Wildman–Crippen MR) is 120 cm³/mol. The topological polar surface area (TPSA) is 98.8 Å². The summed E-state index contributed by atoms with van der Waals surface area (Å²) < 4.78 is 65.7. The standard InChI is InChI=1S/C21H40O9P2/c1-13-8-18(27-15(13)3)11-24-32(7,23)30-21-10-19(28-17(21)5)12-25-31(6,22)29-20-9-14(2)26-16(20)4/h13-21H,8-12H2,1-7H3. The molecule has 11 unspecified atom stereocenters. The van der Waals surface area contributed by atoms with Crippen molar-refractivity contribution in [3.8, 4) is 0 Å². The van der Waals surface area contributed by atoms with Crippen LogP contribution in [0.3, 0.4) is 0 Å². The van der Waals surface area contributed by atoms with E-state index in [1.165, 1.54) is 13.3 Å². The van der Waals surface area contributed by atoms with E-state index in [4.69, 9.17) is 32.3 Å². The largest absolute Gasteiger partial charge is 0.373 e. The molecule has 0 aromatic carbocycles. The van der Waals surface area contributed by atoms with Crippen molar-refractivity contribution < 1.29 is 41.4 Å². The summed E-state index contributed by atoms with van der Waals surface area (Å²) in [5.41, 5.74) is 0. The van der Waals surface area contributed by atoms with Crippen LogP contribution in [0.2, 0.25) is 0 Å². The first kappa shape index (κ1) is 26.8. The summed E-state index contributed by atoms with van der Waals surface area (Å²) in [6.07, 6.45) is 0.830. The second-order valence-electron chi connectivity index (χ2n) is 9.68. The molecule has 0 saturated carbocycles. The number of hydrogen-bond donors (Lipinski definition) is 0. The number of rotatable bonds is 10. The molecule has 3 rings (SSSR count). The average Bonchev–Trinajstić information content (AvgIpc) is 3.29. The van der Waals surface area contributed by atoms with Gasteiger partial charge in [0.2, 0.25) is 0 Å². The Kier molecular flexibility index (Phi) is 9.07. The average molecular weight is 498 g/mol. The van der Waals surface area contributed by atoms with Gasteiger partial charge in [-0.25, -0.2) is 0 Å². The van der Waals surface area contributed by atoms with Crippen LogP contribution >= 0.6 is 15.2 Å². The normalized spacial score (nSPS) is 43.9. The van der Waals surface area contributed by atoms with E-state index >= 15 is 0 Å². The zero-order valence-electron chi connectivity index (χ0n) is 20.3. The van der Waals surface area contributed by atoms with Gasteiger partial charge in [-0.05, 0) is 40.0 Å². The highest BCUT2D eigenvalue weighted by Crippen LogP contribution is 2.50. The van der Waals surface area contributed by atoms with Crippen LogP contribution in [0, 0.1) is 5.92 Å². The molecule has 11 atom stereocenters. The first-order valence-electron chi connectivity index (χ1n) is 11.6. The van der Waals surface area contributed by atoms with Gasteiger partial charge in [0.25, 0.3) is 0 Å². The van der Waals surface area contributed by atoms with E-state index in [0.29, 0.717) is 18.8 Å². The summed E-state index contributed by atoms with van der Waals surface area (Å²) >= 11 is 0. The second kappa shape index (κ2) is 10.8. The molecule has 0 N–H and O–H groups in total. The molecular formula is C21H40O9P2. The van der Waals surface area contributed by atoms with Gasteiger partial charge < -0.3 is 32.3 Å². The first-order valence-corrected chi connectivity index (χ1v) is 15.6. The number of ether oxygens (including phenoxy) is 3. The lowest BCUT2D eigenvalue weighted by atomic mass is 10.0. The van der Waals surface area contributed by atoms with Gasteiger partial charge in [0.05, 0.1) is 62.0 Å². The lowest BCUT2D eigenvalue weighted by Crippen LogP contribution is -2.22. The smallest absolute Gasteiger partial charge is 0.328 e. The highest BCUT2D eigenvalue weighted by atomic mass is 31.2. The zero-order chi connectivity index (χ0) is 23.7. The molecule has 0 radical (unpaired) electrons. The summed E-state index contributed by atoms with van der Waals surface area (Å²) in [4.78, 5) is 0. The third-order valence-corrected chi connectivity index (χ3v) is 8.99. The molecule has 0 aliphatic carbocycles. The van der Waals surface area contributed by atoms with Gasteiger partial charge in [0, 0.05) is 26.2 Å². The third-order valence-electron chi connectivity index (χ3n) is 6.45. The van der Waals surface area contributed by atoms with E-state index < -0.39 is 21.3 Å². The Hall–Kier alpha value is 0.180. The molecule has 0 amide bonds. The summed E-state index contributed by atoms with van der Waals surface area (Å²) in [6.45, 7) is 13.2. The first-order chi connectivity index (χ1) is 14.8. The molecule has 32 heavy (non-hydrogen) atoms. The monoisotopic (exact) mass is 498 g/mol. The van der Waals surface area contributed by atoms with Crippen LogP contribution in [-0.2, 0) is 41.4 Å². The molecule has 3 aliphatic heterocycles. The van der Waals surface area contributed by atoms with Crippen molar-refractivity contribution in [3.63, 3.8) is 0 Å². The van der Waals surface area contributed by atoms with E-state index in [-0.39, 0.29) is 55.9 Å². The van der Waals surface area contributed by atoms with Gasteiger partial charge in [-0.3, -0.25) is 9.13 Å². The maximum atomic E-state index is 12.8. The van der Waals surface area contributed by atoms with Crippen molar-refractivity contribution in [1.82, 2.24) is 0 Å². The summed E-state index contributed by atoms with van der Waals surface area (Å²) in [6, 6.07) is 0. The lowest BCUT2D eigenvalue weighted by molar-refractivity contribution is -0.00447. The molecule has 3 saturated heterocycles. The van der Waals surface area contributed by atoms with Crippen molar-refractivity contribution in [2.45, 2.75) is 103 Å². The van der Waals surface area contributed by atoms with Gasteiger partial charge >= 0.3 is 15.2 Å². The van der Waals surface area contributed by atoms with Crippen LogP contribution in [0.25, 0.3) is 0 Å². The Morgan fingerprint density at radius 3 is 1.62 bits per heavy atom. The van der Waals surface area contributed by atoms with Crippen molar-refractivity contribution in [1.29, 1.82) is 0 Å². The van der Waals surface area contributed by atoms with Crippen LogP contribution < -0.4 is 0 Å². The summed E-state index contributed by atoms with van der Waals surface area (Å²) in [7, 11) is -6.54. The van der Waals surface area contributed by atoms with Crippen molar-refractivity contribution in [3.05, 3.63) is 0 Å². The van der Waals surface area contributed by atoms with Crippen LogP contribution in [0.4, 0.5) is 0 Å². The van der Waals surface area contributed by atoms with Crippen LogP contribution in [0.5, 0.6) is 0 Å².